The summed E-state index contributed by atoms with van der Waals surface area (Å²) in [7, 11) is 0. The molecule has 0 atom stereocenters. The normalized spacial score (nSPS) is 11.2. The maximum atomic E-state index is 13.2. The molecule has 9 nitrogen and oxygen atoms in total. The highest BCUT2D eigenvalue weighted by Gasteiger charge is 2.19. The molecule has 3 aromatic heterocycles. The highest BCUT2D eigenvalue weighted by molar-refractivity contribution is 7.99. The van der Waals surface area contributed by atoms with Crippen molar-refractivity contribution < 1.29 is 14.0 Å². The molecule has 164 valence electrons. The first-order valence-corrected chi connectivity index (χ1v) is 11.0. The smallest absolute Gasteiger partial charge is 0.293 e. The van der Waals surface area contributed by atoms with E-state index in [0.29, 0.717) is 28.4 Å². The third-order valence-corrected chi connectivity index (χ3v) is 5.92. The largest absolute Gasteiger partial charge is 0.459 e. The van der Waals surface area contributed by atoms with Gasteiger partial charge in [-0.05, 0) is 29.8 Å². The molecule has 3 heterocycles. The molecule has 5 aromatic rings. The lowest BCUT2D eigenvalue weighted by Gasteiger charge is -2.11. The van der Waals surface area contributed by atoms with Crippen molar-refractivity contribution in [3.63, 3.8) is 0 Å². The van der Waals surface area contributed by atoms with Crippen molar-refractivity contribution in [3.8, 4) is 0 Å². The Balaban J connectivity index is 1.48. The fraction of sp³-hybridized carbons (Fsp3) is 0.0870. The molecular weight excluding hydrogens is 442 g/mol. The summed E-state index contributed by atoms with van der Waals surface area (Å²) in [5, 5.41) is 11.7. The van der Waals surface area contributed by atoms with Gasteiger partial charge in [-0.15, -0.1) is 10.2 Å². The number of rotatable bonds is 6. The Morgan fingerprint density at radius 3 is 2.55 bits per heavy atom. The van der Waals surface area contributed by atoms with Gasteiger partial charge < -0.3 is 4.42 Å². The summed E-state index contributed by atoms with van der Waals surface area (Å²) in [6.07, 6.45) is 1.36. The second-order valence-electron chi connectivity index (χ2n) is 7.16. The van der Waals surface area contributed by atoms with Crippen LogP contribution in [0.1, 0.15) is 16.1 Å². The summed E-state index contributed by atoms with van der Waals surface area (Å²) in [5.74, 6) is -0.757. The van der Waals surface area contributed by atoms with Gasteiger partial charge in [-0.1, -0.05) is 54.2 Å². The first-order valence-electron chi connectivity index (χ1n) is 10.0. The van der Waals surface area contributed by atoms with E-state index in [0.717, 1.165) is 17.3 Å². The molecule has 5 rings (SSSR count). The standard InChI is InChI=1S/C23H17N5O4S/c29-19(24-20(30)18-11-6-12-32-18)14-33-23-26-25-22-27(13-15-7-2-1-3-8-15)21(31)16-9-4-5-10-17(16)28(22)23/h1-12H,13-14H2,(H,24,29,30). The number of furan rings is 1. The van der Waals surface area contributed by atoms with E-state index in [1.165, 1.54) is 12.3 Å². The van der Waals surface area contributed by atoms with Crippen molar-refractivity contribution in [1.82, 2.24) is 24.5 Å². The Hall–Kier alpha value is -4.18. The molecule has 33 heavy (non-hydrogen) atoms. The maximum Gasteiger partial charge on any atom is 0.293 e. The molecular formula is C23H17N5O4S. The van der Waals surface area contributed by atoms with Crippen LogP contribution in [0, 0.1) is 0 Å². The molecule has 0 aliphatic heterocycles. The van der Waals surface area contributed by atoms with E-state index in [1.807, 2.05) is 42.5 Å². The molecule has 0 saturated carbocycles. The number of fused-ring (bicyclic) bond motifs is 3. The maximum absolute atomic E-state index is 13.2. The number of hydrogen-bond donors (Lipinski definition) is 1. The SMILES string of the molecule is O=C(CSc1nnc2n(Cc3ccccc3)c(=O)c3ccccc3n12)NC(=O)c1ccco1. The van der Waals surface area contributed by atoms with Crippen molar-refractivity contribution in [3.05, 3.63) is 94.7 Å². The van der Waals surface area contributed by atoms with Gasteiger partial charge in [0.1, 0.15) is 0 Å². The van der Waals surface area contributed by atoms with Gasteiger partial charge in [0.2, 0.25) is 11.7 Å². The molecule has 2 amide bonds. The summed E-state index contributed by atoms with van der Waals surface area (Å²) in [6, 6.07) is 19.8. The number of carbonyl (C=O) groups is 2. The van der Waals surface area contributed by atoms with E-state index in [2.05, 4.69) is 15.5 Å². The molecule has 0 aliphatic carbocycles. The second kappa shape index (κ2) is 8.75. The fourth-order valence-electron chi connectivity index (χ4n) is 3.50. The van der Waals surface area contributed by atoms with Crippen LogP contribution in [-0.2, 0) is 11.3 Å². The van der Waals surface area contributed by atoms with Gasteiger partial charge in [0.25, 0.3) is 11.5 Å². The third kappa shape index (κ3) is 4.03. The van der Waals surface area contributed by atoms with Crippen LogP contribution in [0.25, 0.3) is 16.7 Å². The van der Waals surface area contributed by atoms with E-state index >= 15 is 0 Å². The fourth-order valence-corrected chi connectivity index (χ4v) is 4.24. The first-order chi connectivity index (χ1) is 16.1. The number of benzene rings is 2. The molecule has 2 aromatic carbocycles. The molecule has 0 unspecified atom stereocenters. The van der Waals surface area contributed by atoms with Crippen LogP contribution >= 0.6 is 11.8 Å². The summed E-state index contributed by atoms with van der Waals surface area (Å²) in [5.41, 5.74) is 1.42. The minimum absolute atomic E-state index is 0.0530. The lowest BCUT2D eigenvalue weighted by atomic mass is 10.2. The average Bonchev–Trinajstić information content (AvgIpc) is 3.52. The Labute approximate surface area is 191 Å². The zero-order valence-electron chi connectivity index (χ0n) is 17.2. The van der Waals surface area contributed by atoms with Crippen LogP contribution in [0.2, 0.25) is 0 Å². The van der Waals surface area contributed by atoms with Gasteiger partial charge in [0, 0.05) is 0 Å². The summed E-state index contributed by atoms with van der Waals surface area (Å²) in [6.45, 7) is 0.328. The summed E-state index contributed by atoms with van der Waals surface area (Å²) in [4.78, 5) is 37.5. The molecule has 0 radical (unpaired) electrons. The molecule has 1 N–H and O–H groups in total. The number of hydrogen-bond acceptors (Lipinski definition) is 7. The van der Waals surface area contributed by atoms with E-state index in [4.69, 9.17) is 4.42 Å². The number of thioether (sulfide) groups is 1. The van der Waals surface area contributed by atoms with Crippen molar-refractivity contribution in [2.75, 3.05) is 5.75 Å². The van der Waals surface area contributed by atoms with Gasteiger partial charge in [0.15, 0.2) is 10.9 Å². The first kappa shape index (κ1) is 20.7. The van der Waals surface area contributed by atoms with E-state index in [-0.39, 0.29) is 17.1 Å². The van der Waals surface area contributed by atoms with Crippen molar-refractivity contribution in [1.29, 1.82) is 0 Å². The molecule has 0 fully saturated rings. The van der Waals surface area contributed by atoms with Gasteiger partial charge in [-0.25, -0.2) is 0 Å². The van der Waals surface area contributed by atoms with Crippen LogP contribution in [0.15, 0.2) is 87.4 Å². The third-order valence-electron chi connectivity index (χ3n) is 4.99. The van der Waals surface area contributed by atoms with Gasteiger partial charge in [0.05, 0.1) is 29.5 Å². The number of nitrogens with one attached hydrogen (secondary N) is 1. The van der Waals surface area contributed by atoms with Crippen LogP contribution in [0.3, 0.4) is 0 Å². The van der Waals surface area contributed by atoms with Gasteiger partial charge in [-0.3, -0.25) is 28.7 Å². The quantitative estimate of drug-likeness (QED) is 0.389. The molecule has 0 bridgehead atoms. The van der Waals surface area contributed by atoms with E-state index in [9.17, 15) is 14.4 Å². The number of amides is 2. The van der Waals surface area contributed by atoms with Crippen LogP contribution in [0.5, 0.6) is 0 Å². The number of aromatic nitrogens is 4. The minimum Gasteiger partial charge on any atom is -0.459 e. The predicted molar refractivity (Wildman–Crippen MR) is 122 cm³/mol. The number of nitrogens with zero attached hydrogens (tertiary/aromatic N) is 4. The van der Waals surface area contributed by atoms with E-state index < -0.39 is 11.8 Å². The highest BCUT2D eigenvalue weighted by Crippen LogP contribution is 2.22. The Kier molecular flexibility index (Phi) is 5.49. The van der Waals surface area contributed by atoms with Crippen LogP contribution in [-0.4, -0.2) is 36.7 Å². The topological polar surface area (TPSA) is 111 Å². The number of imide groups is 1. The zero-order chi connectivity index (χ0) is 22.8. The van der Waals surface area contributed by atoms with Gasteiger partial charge >= 0.3 is 0 Å². The number of para-hydroxylation sites is 1. The van der Waals surface area contributed by atoms with Crippen LogP contribution in [0.4, 0.5) is 0 Å². The second-order valence-corrected chi connectivity index (χ2v) is 8.10. The van der Waals surface area contributed by atoms with Gasteiger partial charge in [-0.2, -0.15) is 0 Å². The molecule has 10 heteroatoms. The summed E-state index contributed by atoms with van der Waals surface area (Å²) < 4.78 is 8.32. The lowest BCUT2D eigenvalue weighted by Crippen LogP contribution is -2.31. The summed E-state index contributed by atoms with van der Waals surface area (Å²) >= 11 is 1.12. The predicted octanol–water partition coefficient (Wildman–Crippen LogP) is 2.73. The Morgan fingerprint density at radius 1 is 0.970 bits per heavy atom. The number of carbonyl (C=O) groups excluding carboxylic acids is 2. The monoisotopic (exact) mass is 459 g/mol. The highest BCUT2D eigenvalue weighted by atomic mass is 32.2. The molecule has 0 spiro atoms. The average molecular weight is 459 g/mol. The van der Waals surface area contributed by atoms with Crippen LogP contribution < -0.4 is 10.9 Å². The minimum atomic E-state index is -0.612. The lowest BCUT2D eigenvalue weighted by molar-refractivity contribution is -0.117. The Morgan fingerprint density at radius 2 is 1.76 bits per heavy atom. The van der Waals surface area contributed by atoms with Crippen molar-refractivity contribution >= 4 is 40.3 Å². The van der Waals surface area contributed by atoms with E-state index in [1.54, 1.807) is 27.2 Å². The van der Waals surface area contributed by atoms with Crippen molar-refractivity contribution in [2.24, 2.45) is 0 Å². The molecule has 0 saturated heterocycles. The van der Waals surface area contributed by atoms with Crippen molar-refractivity contribution in [2.45, 2.75) is 11.7 Å². The zero-order valence-corrected chi connectivity index (χ0v) is 18.0. The Bertz CT molecular complexity index is 1520. The molecule has 0 aliphatic rings.